The first-order valence-electron chi connectivity index (χ1n) is 4.93. The van der Waals surface area contributed by atoms with Crippen molar-refractivity contribution in [2.24, 2.45) is 0 Å². The first-order valence-corrected chi connectivity index (χ1v) is 6.10. The molecule has 1 N–H and O–H groups in total. The van der Waals surface area contributed by atoms with Crippen molar-refractivity contribution in [2.45, 2.75) is 25.3 Å². The summed E-state index contributed by atoms with van der Waals surface area (Å²) in [6.45, 7) is 1.06. The average Bonchev–Trinajstić information content (AvgIpc) is 2.95. The molecule has 1 fully saturated rings. The number of hydrogen-bond acceptors (Lipinski definition) is 1. The molecule has 0 aliphatic heterocycles. The Hall–Kier alpha value is -0.0500. The van der Waals surface area contributed by atoms with E-state index in [4.69, 9.17) is 11.6 Å². The fourth-order valence-electron chi connectivity index (χ4n) is 1.40. The van der Waals surface area contributed by atoms with Crippen molar-refractivity contribution in [1.29, 1.82) is 0 Å². The van der Waals surface area contributed by atoms with Crippen LogP contribution in [0.4, 0.5) is 0 Å². The lowest BCUT2D eigenvalue weighted by Crippen LogP contribution is -2.19. The van der Waals surface area contributed by atoms with Crippen LogP contribution in [0.5, 0.6) is 0 Å². The van der Waals surface area contributed by atoms with Crippen molar-refractivity contribution < 1.29 is 0 Å². The zero-order valence-electron chi connectivity index (χ0n) is 7.89. The minimum absolute atomic E-state index is 0.793. The summed E-state index contributed by atoms with van der Waals surface area (Å²) in [6.07, 6.45) is 3.76. The van der Waals surface area contributed by atoms with E-state index in [0.717, 1.165) is 28.5 Å². The standard InChI is InChI=1S/C11H13BrClN/c12-10-4-1-8(7-11(10)13)5-6-14-9-2-3-9/h1,4,7,9,14H,2-3,5-6H2. The lowest BCUT2D eigenvalue weighted by molar-refractivity contribution is 0.682. The summed E-state index contributed by atoms with van der Waals surface area (Å²) in [5.41, 5.74) is 1.30. The molecule has 76 valence electrons. The lowest BCUT2D eigenvalue weighted by Gasteiger charge is -2.04. The van der Waals surface area contributed by atoms with Crippen molar-refractivity contribution in [3.8, 4) is 0 Å². The Morgan fingerprint density at radius 3 is 2.86 bits per heavy atom. The predicted octanol–water partition coefficient (Wildman–Crippen LogP) is 3.40. The van der Waals surface area contributed by atoms with Crippen LogP contribution < -0.4 is 5.32 Å². The Kier molecular flexibility index (Phi) is 3.47. The fourth-order valence-corrected chi connectivity index (χ4v) is 1.85. The van der Waals surface area contributed by atoms with Gasteiger partial charge in [-0.3, -0.25) is 0 Å². The second-order valence-corrected chi connectivity index (χ2v) is 4.99. The summed E-state index contributed by atoms with van der Waals surface area (Å²) in [5, 5.41) is 4.28. The average molecular weight is 275 g/mol. The molecule has 1 aliphatic rings. The number of halogens is 2. The van der Waals surface area contributed by atoms with E-state index in [1.165, 1.54) is 18.4 Å². The van der Waals surface area contributed by atoms with Crippen LogP contribution in [0.1, 0.15) is 18.4 Å². The summed E-state index contributed by atoms with van der Waals surface area (Å²) < 4.78 is 0.970. The maximum Gasteiger partial charge on any atom is 0.0550 e. The van der Waals surface area contributed by atoms with E-state index in [1.807, 2.05) is 12.1 Å². The van der Waals surface area contributed by atoms with Crippen molar-refractivity contribution in [3.63, 3.8) is 0 Å². The van der Waals surface area contributed by atoms with Crippen LogP contribution in [0, 0.1) is 0 Å². The maximum atomic E-state index is 6.00. The highest BCUT2D eigenvalue weighted by Gasteiger charge is 2.19. The van der Waals surface area contributed by atoms with E-state index < -0.39 is 0 Å². The third-order valence-electron chi connectivity index (χ3n) is 2.41. The van der Waals surface area contributed by atoms with Gasteiger partial charge in [0.25, 0.3) is 0 Å². The molecule has 0 bridgehead atoms. The third-order valence-corrected chi connectivity index (χ3v) is 3.64. The van der Waals surface area contributed by atoms with Gasteiger partial charge >= 0.3 is 0 Å². The fraction of sp³-hybridized carbons (Fsp3) is 0.455. The Balaban J connectivity index is 1.85. The van der Waals surface area contributed by atoms with E-state index in [0.29, 0.717) is 0 Å². The normalized spacial score (nSPS) is 15.9. The van der Waals surface area contributed by atoms with Crippen molar-refractivity contribution in [2.75, 3.05) is 6.54 Å². The van der Waals surface area contributed by atoms with Crippen LogP contribution >= 0.6 is 27.5 Å². The molecule has 3 heteroatoms. The molecule has 0 radical (unpaired) electrons. The molecule has 0 saturated heterocycles. The summed E-state index contributed by atoms with van der Waals surface area (Å²) in [4.78, 5) is 0. The van der Waals surface area contributed by atoms with Gasteiger partial charge in [-0.25, -0.2) is 0 Å². The molecule has 2 rings (SSSR count). The van der Waals surface area contributed by atoms with Gasteiger partial charge in [0, 0.05) is 10.5 Å². The Labute approximate surface area is 98.0 Å². The minimum atomic E-state index is 0.793. The van der Waals surface area contributed by atoms with Gasteiger partial charge in [-0.1, -0.05) is 17.7 Å². The summed E-state index contributed by atoms with van der Waals surface area (Å²) in [6, 6.07) is 6.94. The predicted molar refractivity (Wildman–Crippen MR) is 63.9 cm³/mol. The molecule has 1 nitrogen and oxygen atoms in total. The van der Waals surface area contributed by atoms with Crippen LogP contribution in [0.2, 0.25) is 5.02 Å². The Morgan fingerprint density at radius 1 is 1.43 bits per heavy atom. The second kappa shape index (κ2) is 4.65. The van der Waals surface area contributed by atoms with Crippen LogP contribution in [0.3, 0.4) is 0 Å². The van der Waals surface area contributed by atoms with Crippen LogP contribution in [-0.4, -0.2) is 12.6 Å². The molecule has 0 spiro atoms. The highest BCUT2D eigenvalue weighted by Crippen LogP contribution is 2.23. The van der Waals surface area contributed by atoms with Crippen LogP contribution in [0.25, 0.3) is 0 Å². The zero-order valence-corrected chi connectivity index (χ0v) is 10.2. The molecule has 0 amide bonds. The van der Waals surface area contributed by atoms with Gasteiger partial charge in [0.1, 0.15) is 0 Å². The first kappa shape index (κ1) is 10.5. The zero-order chi connectivity index (χ0) is 9.97. The van der Waals surface area contributed by atoms with Gasteiger partial charge in [-0.05, 0) is 59.4 Å². The van der Waals surface area contributed by atoms with E-state index in [-0.39, 0.29) is 0 Å². The lowest BCUT2D eigenvalue weighted by atomic mass is 10.1. The van der Waals surface area contributed by atoms with E-state index in [1.54, 1.807) is 0 Å². The number of nitrogens with one attached hydrogen (secondary N) is 1. The van der Waals surface area contributed by atoms with Gasteiger partial charge in [0.05, 0.1) is 5.02 Å². The summed E-state index contributed by atoms with van der Waals surface area (Å²) in [7, 11) is 0. The minimum Gasteiger partial charge on any atom is -0.314 e. The largest absolute Gasteiger partial charge is 0.314 e. The molecule has 1 aromatic rings. The van der Waals surface area contributed by atoms with Gasteiger partial charge in [-0.2, -0.15) is 0 Å². The SMILES string of the molecule is Clc1cc(CCNC2CC2)ccc1Br. The summed E-state index contributed by atoms with van der Waals surface area (Å²) >= 11 is 9.38. The molecule has 0 atom stereocenters. The Morgan fingerprint density at radius 2 is 2.21 bits per heavy atom. The highest BCUT2D eigenvalue weighted by molar-refractivity contribution is 9.10. The van der Waals surface area contributed by atoms with Crippen LogP contribution in [0.15, 0.2) is 22.7 Å². The summed E-state index contributed by atoms with van der Waals surface area (Å²) in [5.74, 6) is 0. The molecule has 0 heterocycles. The van der Waals surface area contributed by atoms with Crippen molar-refractivity contribution in [3.05, 3.63) is 33.3 Å². The van der Waals surface area contributed by atoms with Gasteiger partial charge in [0.2, 0.25) is 0 Å². The van der Waals surface area contributed by atoms with E-state index >= 15 is 0 Å². The molecule has 1 aromatic carbocycles. The smallest absolute Gasteiger partial charge is 0.0550 e. The number of rotatable bonds is 4. The van der Waals surface area contributed by atoms with Gasteiger partial charge < -0.3 is 5.32 Å². The molecule has 0 unspecified atom stereocenters. The topological polar surface area (TPSA) is 12.0 Å². The highest BCUT2D eigenvalue weighted by atomic mass is 79.9. The van der Waals surface area contributed by atoms with Crippen LogP contribution in [-0.2, 0) is 6.42 Å². The number of hydrogen-bond donors (Lipinski definition) is 1. The van der Waals surface area contributed by atoms with Gasteiger partial charge in [0.15, 0.2) is 0 Å². The molecular weight excluding hydrogens is 261 g/mol. The molecular formula is C11H13BrClN. The van der Waals surface area contributed by atoms with Crippen molar-refractivity contribution >= 4 is 27.5 Å². The molecule has 0 aromatic heterocycles. The second-order valence-electron chi connectivity index (χ2n) is 3.73. The quantitative estimate of drug-likeness (QED) is 0.887. The van der Waals surface area contributed by atoms with Crippen molar-refractivity contribution in [1.82, 2.24) is 5.32 Å². The van der Waals surface area contributed by atoms with E-state index in [2.05, 4.69) is 27.3 Å². The first-order chi connectivity index (χ1) is 6.75. The maximum absolute atomic E-state index is 6.00. The molecule has 1 saturated carbocycles. The molecule has 1 aliphatic carbocycles. The third kappa shape index (κ3) is 2.97. The monoisotopic (exact) mass is 273 g/mol. The molecule has 14 heavy (non-hydrogen) atoms. The Bertz CT molecular complexity index is 323. The number of benzene rings is 1. The van der Waals surface area contributed by atoms with E-state index in [9.17, 15) is 0 Å². The van der Waals surface area contributed by atoms with Gasteiger partial charge in [-0.15, -0.1) is 0 Å².